The Kier molecular flexibility index (Phi) is 8.33. The molecule has 0 fully saturated rings. The molecule has 0 saturated heterocycles. The minimum Gasteiger partial charge on any atom is -0.484 e. The number of nitrogens with two attached hydrogens (primary N) is 1. The van der Waals surface area contributed by atoms with Crippen molar-refractivity contribution in [2.75, 3.05) is 10.0 Å². The molecule has 0 spiro atoms. The van der Waals surface area contributed by atoms with E-state index in [0.29, 0.717) is 5.56 Å². The third kappa shape index (κ3) is 6.73. The number of nitrogens with zero attached hydrogens (tertiary/aromatic N) is 2. The highest BCUT2D eigenvalue weighted by Gasteiger charge is 2.33. The first-order valence-corrected chi connectivity index (χ1v) is 13.3. The van der Waals surface area contributed by atoms with E-state index in [9.17, 15) is 39.6 Å². The van der Waals surface area contributed by atoms with E-state index in [1.165, 1.54) is 37.3 Å². The fraction of sp³-hybridized carbons (Fsp3) is 0.160. The summed E-state index contributed by atoms with van der Waals surface area (Å²) in [6, 6.07) is 11.6. The number of halogens is 6. The van der Waals surface area contributed by atoms with Crippen molar-refractivity contribution in [3.05, 3.63) is 83.3 Å². The molecule has 1 amide bonds. The summed E-state index contributed by atoms with van der Waals surface area (Å²) in [5.41, 5.74) is 4.10. The molecule has 17 heteroatoms. The highest BCUT2D eigenvalue weighted by Crippen LogP contribution is 2.37. The number of amides is 1. The Morgan fingerprint density at radius 2 is 1.76 bits per heavy atom. The molecule has 5 N–H and O–H groups in total. The van der Waals surface area contributed by atoms with Crippen LogP contribution < -0.4 is 20.5 Å². The van der Waals surface area contributed by atoms with Gasteiger partial charge in [0.2, 0.25) is 0 Å². The minimum atomic E-state index is -5.13. The first kappa shape index (κ1) is 30.2. The van der Waals surface area contributed by atoms with Crippen molar-refractivity contribution in [1.82, 2.24) is 15.2 Å². The molecule has 0 aliphatic heterocycles. The van der Waals surface area contributed by atoms with Crippen LogP contribution >= 0.6 is 0 Å². The minimum absolute atomic E-state index is 0.0699. The lowest BCUT2D eigenvalue weighted by Gasteiger charge is -2.19. The molecule has 10 nitrogen and oxygen atoms in total. The number of nitrogens with one attached hydrogen (secondary N) is 3. The van der Waals surface area contributed by atoms with Crippen molar-refractivity contribution >= 4 is 33.3 Å². The zero-order chi connectivity index (χ0) is 30.8. The molecular weight excluding hydrogens is 594 g/mol. The number of hydrogen-bond donors (Lipinski definition) is 4. The summed E-state index contributed by atoms with van der Waals surface area (Å²) >= 11 is 0. The summed E-state index contributed by atoms with van der Waals surface area (Å²) in [5, 5.41) is 8.92. The van der Waals surface area contributed by atoms with Gasteiger partial charge < -0.3 is 15.8 Å². The molecule has 222 valence electrons. The van der Waals surface area contributed by atoms with E-state index in [-0.39, 0.29) is 39.9 Å². The monoisotopic (exact) mass is 614 g/mol. The lowest BCUT2D eigenvalue weighted by atomic mass is 10.1. The van der Waals surface area contributed by atoms with Crippen molar-refractivity contribution in [2.45, 2.75) is 25.0 Å². The molecule has 4 rings (SSSR count). The largest absolute Gasteiger partial charge is 0.484 e. The fourth-order valence-corrected chi connectivity index (χ4v) is 4.28. The quantitative estimate of drug-likeness (QED) is 0.170. The molecule has 0 bridgehead atoms. The second-order valence-corrected chi connectivity index (χ2v) is 10.3. The van der Waals surface area contributed by atoms with Gasteiger partial charge in [-0.05, 0) is 48.9 Å². The fourth-order valence-electron chi connectivity index (χ4n) is 3.71. The van der Waals surface area contributed by atoms with Crippen LogP contribution in [0.4, 0.5) is 43.7 Å². The summed E-state index contributed by atoms with van der Waals surface area (Å²) in [6.07, 6.45) is -5.59. The second-order valence-electron chi connectivity index (χ2n) is 8.65. The average Bonchev–Trinajstić information content (AvgIpc) is 3.33. The van der Waals surface area contributed by atoms with Gasteiger partial charge in [-0.2, -0.15) is 27.1 Å². The standard InChI is InChI=1S/C25H20F6N6O4S/c1-12(13-5-8-15(26)9-6-13)41-17-11-14(7-10-16(17)37-42(39,40)24(27)28)21-20(22(32)38)23(36-35-21)34-19-4-2-3-18(33-19)25(29,30)31/h2-12,24,37H,1H3,(H2,32,38)(H2,33,34,35,36)/t12-/m0/s1. The Balaban J connectivity index is 1.75. The van der Waals surface area contributed by atoms with E-state index < -0.39 is 45.5 Å². The van der Waals surface area contributed by atoms with Gasteiger partial charge in [-0.15, -0.1) is 0 Å². The SMILES string of the molecule is C[C@H](Oc1cc(-c2[nH]nc(Nc3cccc(C(F)(F)F)n3)c2C(N)=O)ccc1NS(=O)(=O)C(F)F)c1ccc(F)cc1. The van der Waals surface area contributed by atoms with Gasteiger partial charge in [0.05, 0.1) is 11.4 Å². The molecule has 0 aliphatic rings. The molecule has 0 saturated carbocycles. The molecule has 2 aromatic carbocycles. The number of sulfonamides is 1. The first-order chi connectivity index (χ1) is 19.7. The number of carbonyl (C=O) groups is 1. The van der Waals surface area contributed by atoms with Crippen LogP contribution in [0.15, 0.2) is 60.7 Å². The van der Waals surface area contributed by atoms with Crippen molar-refractivity contribution in [3.63, 3.8) is 0 Å². The molecule has 4 aromatic rings. The van der Waals surface area contributed by atoms with Crippen LogP contribution in [-0.2, 0) is 16.2 Å². The van der Waals surface area contributed by atoms with Crippen LogP contribution in [0.25, 0.3) is 11.3 Å². The number of pyridine rings is 1. The first-order valence-electron chi connectivity index (χ1n) is 11.7. The van der Waals surface area contributed by atoms with Gasteiger partial charge in [0, 0.05) is 5.56 Å². The molecule has 0 aliphatic carbocycles. The number of primary amides is 1. The lowest BCUT2D eigenvalue weighted by molar-refractivity contribution is -0.141. The average molecular weight is 615 g/mol. The normalized spacial score (nSPS) is 12.7. The second kappa shape index (κ2) is 11.6. The van der Waals surface area contributed by atoms with Crippen LogP contribution in [0.5, 0.6) is 5.75 Å². The maximum Gasteiger partial charge on any atom is 0.433 e. The zero-order valence-corrected chi connectivity index (χ0v) is 22.0. The van der Waals surface area contributed by atoms with Crippen molar-refractivity contribution < 1.29 is 44.3 Å². The van der Waals surface area contributed by atoms with E-state index in [0.717, 1.165) is 30.3 Å². The highest BCUT2D eigenvalue weighted by atomic mass is 32.2. The van der Waals surface area contributed by atoms with Gasteiger partial charge in [-0.3, -0.25) is 14.6 Å². The number of ether oxygens (including phenoxy) is 1. The van der Waals surface area contributed by atoms with Crippen molar-refractivity contribution in [2.24, 2.45) is 5.73 Å². The van der Waals surface area contributed by atoms with E-state index >= 15 is 0 Å². The van der Waals surface area contributed by atoms with E-state index in [1.807, 2.05) is 0 Å². The highest BCUT2D eigenvalue weighted by molar-refractivity contribution is 7.93. The Bertz CT molecular complexity index is 1710. The number of aromatic amines is 1. The van der Waals surface area contributed by atoms with Gasteiger partial charge in [-0.1, -0.05) is 24.3 Å². The van der Waals surface area contributed by atoms with Crippen LogP contribution in [0.2, 0.25) is 0 Å². The van der Waals surface area contributed by atoms with Crippen LogP contribution in [-0.4, -0.2) is 35.3 Å². The number of alkyl halides is 5. The summed E-state index contributed by atoms with van der Waals surface area (Å²) in [7, 11) is -5.13. The Morgan fingerprint density at radius 3 is 2.38 bits per heavy atom. The maximum absolute atomic E-state index is 13.4. The van der Waals surface area contributed by atoms with Crippen molar-refractivity contribution in [3.8, 4) is 17.0 Å². The van der Waals surface area contributed by atoms with E-state index in [2.05, 4.69) is 20.5 Å². The van der Waals surface area contributed by atoms with Crippen LogP contribution in [0, 0.1) is 5.82 Å². The summed E-state index contributed by atoms with van der Waals surface area (Å²) in [4.78, 5) is 15.8. The van der Waals surface area contributed by atoms with E-state index in [1.54, 1.807) is 4.72 Å². The van der Waals surface area contributed by atoms with Gasteiger partial charge in [-0.25, -0.2) is 17.8 Å². The number of aromatic nitrogens is 3. The molecule has 2 aromatic heterocycles. The topological polar surface area (TPSA) is 152 Å². The Labute approximate surface area is 234 Å². The zero-order valence-electron chi connectivity index (χ0n) is 21.2. The molecule has 42 heavy (non-hydrogen) atoms. The van der Waals surface area contributed by atoms with Gasteiger partial charge in [0.1, 0.15) is 34.7 Å². The van der Waals surface area contributed by atoms with Gasteiger partial charge in [0.25, 0.3) is 15.9 Å². The number of carbonyl (C=O) groups excluding carboxylic acids is 1. The van der Waals surface area contributed by atoms with Gasteiger partial charge in [0.15, 0.2) is 5.82 Å². The molecular formula is C25H20F6N6O4S. The van der Waals surface area contributed by atoms with Gasteiger partial charge >= 0.3 is 11.9 Å². The number of benzene rings is 2. The molecule has 1 atom stereocenters. The molecule has 2 heterocycles. The van der Waals surface area contributed by atoms with E-state index in [4.69, 9.17) is 10.5 Å². The number of hydrogen-bond acceptors (Lipinski definition) is 7. The maximum atomic E-state index is 13.4. The molecule has 0 unspecified atom stereocenters. The van der Waals surface area contributed by atoms with Crippen LogP contribution in [0.3, 0.4) is 0 Å². The predicted octanol–water partition coefficient (Wildman–Crippen LogP) is 5.58. The Hall–Kier alpha value is -4.80. The lowest BCUT2D eigenvalue weighted by Crippen LogP contribution is -2.21. The number of anilines is 3. The third-order valence-electron chi connectivity index (χ3n) is 5.70. The number of H-pyrrole nitrogens is 1. The number of rotatable bonds is 10. The molecule has 0 radical (unpaired) electrons. The smallest absolute Gasteiger partial charge is 0.433 e. The third-order valence-corrected chi connectivity index (χ3v) is 6.67. The Morgan fingerprint density at radius 1 is 1.07 bits per heavy atom. The summed E-state index contributed by atoms with van der Waals surface area (Å²) in [6.45, 7) is 1.53. The summed E-state index contributed by atoms with van der Waals surface area (Å²) < 4.78 is 110. The van der Waals surface area contributed by atoms with Crippen molar-refractivity contribution in [1.29, 1.82) is 0 Å². The van der Waals surface area contributed by atoms with Crippen LogP contribution in [0.1, 0.15) is 34.6 Å². The summed E-state index contributed by atoms with van der Waals surface area (Å²) in [5.74, 6) is -6.22. The predicted molar refractivity (Wildman–Crippen MR) is 139 cm³/mol.